The van der Waals surface area contributed by atoms with Crippen molar-refractivity contribution in [3.8, 4) is 0 Å². The Hall–Kier alpha value is -0.260. The van der Waals surface area contributed by atoms with Crippen molar-refractivity contribution >= 4 is 0 Å². The second-order valence-electron chi connectivity index (χ2n) is 10.7. The highest BCUT2D eigenvalue weighted by Gasteiger charge is 1.99. The van der Waals surface area contributed by atoms with E-state index in [0.717, 1.165) is 5.92 Å². The molecule has 0 saturated heterocycles. The summed E-state index contributed by atoms with van der Waals surface area (Å²) < 4.78 is 0. The molecular weight excluding hydrogens is 372 g/mol. The maximum Gasteiger partial charge on any atom is -0.0320 e. The number of hydrogen-bond donors (Lipinski definition) is 0. The van der Waals surface area contributed by atoms with Gasteiger partial charge in [0.15, 0.2) is 0 Å². The van der Waals surface area contributed by atoms with Crippen molar-refractivity contribution in [3.63, 3.8) is 0 Å². The molecular formula is C31H62. The molecule has 0 rings (SSSR count). The summed E-state index contributed by atoms with van der Waals surface area (Å²) in [7, 11) is 0. The molecule has 0 aromatic heterocycles. The molecule has 0 radical (unpaired) electrons. The Labute approximate surface area is 199 Å². The van der Waals surface area contributed by atoms with Crippen LogP contribution < -0.4 is 0 Å². The fourth-order valence-electron chi connectivity index (χ4n) is 4.75. The lowest BCUT2D eigenvalue weighted by atomic mass is 9.99. The van der Waals surface area contributed by atoms with Gasteiger partial charge in [0.2, 0.25) is 0 Å². The van der Waals surface area contributed by atoms with Crippen molar-refractivity contribution in [2.75, 3.05) is 0 Å². The molecule has 0 nitrogen and oxygen atoms in total. The van der Waals surface area contributed by atoms with E-state index in [0.29, 0.717) is 0 Å². The molecule has 0 spiro atoms. The van der Waals surface area contributed by atoms with Gasteiger partial charge in [-0.25, -0.2) is 0 Å². The van der Waals surface area contributed by atoms with Crippen LogP contribution in [0.2, 0.25) is 0 Å². The second-order valence-corrected chi connectivity index (χ2v) is 10.7. The Morgan fingerprint density at radius 3 is 1.13 bits per heavy atom. The highest BCUT2D eigenvalue weighted by atomic mass is 14.1. The van der Waals surface area contributed by atoms with Gasteiger partial charge < -0.3 is 0 Å². The van der Waals surface area contributed by atoms with Gasteiger partial charge in [-0.1, -0.05) is 161 Å². The van der Waals surface area contributed by atoms with Crippen LogP contribution in [0.4, 0.5) is 0 Å². The summed E-state index contributed by atoms with van der Waals surface area (Å²) in [6.45, 7) is 9.25. The van der Waals surface area contributed by atoms with Crippen LogP contribution in [0.5, 0.6) is 0 Å². The average Bonchev–Trinajstić information content (AvgIpc) is 2.76. The summed E-state index contributed by atoms with van der Waals surface area (Å²) in [4.78, 5) is 0. The molecule has 0 fully saturated rings. The zero-order chi connectivity index (χ0) is 22.8. The standard InChI is InChI=1S/C31H62/c1-5-7-8-9-10-19-22-25-28-31(6-2)29-26-23-20-17-15-13-11-12-14-16-18-21-24-27-30(3)4/h6,30H,5,7-29H2,1-4H3. The van der Waals surface area contributed by atoms with E-state index in [1.807, 2.05) is 0 Å². The fourth-order valence-corrected chi connectivity index (χ4v) is 4.75. The Morgan fingerprint density at radius 1 is 0.484 bits per heavy atom. The molecule has 0 heterocycles. The first kappa shape index (κ1) is 30.7. The van der Waals surface area contributed by atoms with Crippen LogP contribution in [-0.2, 0) is 0 Å². The summed E-state index contributed by atoms with van der Waals surface area (Å²) in [6.07, 6.45) is 37.1. The van der Waals surface area contributed by atoms with Gasteiger partial charge in [-0.3, -0.25) is 0 Å². The predicted molar refractivity (Wildman–Crippen MR) is 145 cm³/mol. The first-order valence-electron chi connectivity index (χ1n) is 14.8. The van der Waals surface area contributed by atoms with E-state index in [-0.39, 0.29) is 0 Å². The summed E-state index contributed by atoms with van der Waals surface area (Å²) in [5.74, 6) is 0.893. The fraction of sp³-hybridized carbons (Fsp3) is 0.935. The minimum atomic E-state index is 0.893. The number of hydrogen-bond acceptors (Lipinski definition) is 0. The topological polar surface area (TPSA) is 0 Å². The minimum absolute atomic E-state index is 0.893. The zero-order valence-electron chi connectivity index (χ0n) is 22.6. The van der Waals surface area contributed by atoms with Crippen LogP contribution in [0.15, 0.2) is 11.6 Å². The summed E-state index contributed by atoms with van der Waals surface area (Å²) in [5, 5.41) is 0. The first-order valence-corrected chi connectivity index (χ1v) is 14.8. The molecule has 0 amide bonds. The Morgan fingerprint density at radius 2 is 0.806 bits per heavy atom. The van der Waals surface area contributed by atoms with Gasteiger partial charge in [-0.15, -0.1) is 0 Å². The van der Waals surface area contributed by atoms with Crippen LogP contribution in [0.25, 0.3) is 0 Å². The molecule has 0 aliphatic rings. The highest BCUT2D eigenvalue weighted by molar-refractivity contribution is 4.99. The number of allylic oxidation sites excluding steroid dienone is 2. The summed E-state index contributed by atoms with van der Waals surface area (Å²) in [6, 6.07) is 0. The predicted octanol–water partition coefficient (Wildman–Crippen LogP) is 12.0. The van der Waals surface area contributed by atoms with Crippen LogP contribution in [0.3, 0.4) is 0 Å². The summed E-state index contributed by atoms with van der Waals surface area (Å²) in [5.41, 5.74) is 1.73. The van der Waals surface area contributed by atoms with E-state index in [1.165, 1.54) is 154 Å². The van der Waals surface area contributed by atoms with E-state index in [9.17, 15) is 0 Å². The molecule has 0 aliphatic carbocycles. The molecule has 0 aliphatic heterocycles. The Kier molecular flexibility index (Phi) is 25.8. The lowest BCUT2D eigenvalue weighted by Gasteiger charge is -2.08. The van der Waals surface area contributed by atoms with Crippen LogP contribution in [0, 0.1) is 5.92 Å². The van der Waals surface area contributed by atoms with Crippen molar-refractivity contribution in [2.24, 2.45) is 5.92 Å². The second kappa shape index (κ2) is 26.0. The molecule has 0 bridgehead atoms. The van der Waals surface area contributed by atoms with E-state index in [2.05, 4.69) is 33.8 Å². The van der Waals surface area contributed by atoms with E-state index >= 15 is 0 Å². The highest BCUT2D eigenvalue weighted by Crippen LogP contribution is 2.19. The third-order valence-corrected chi connectivity index (χ3v) is 7.04. The van der Waals surface area contributed by atoms with Gasteiger partial charge in [0.1, 0.15) is 0 Å². The zero-order valence-corrected chi connectivity index (χ0v) is 22.6. The quantitative estimate of drug-likeness (QED) is 0.0989. The molecule has 0 saturated carbocycles. The van der Waals surface area contributed by atoms with Crippen molar-refractivity contribution in [3.05, 3.63) is 11.6 Å². The van der Waals surface area contributed by atoms with Gasteiger partial charge in [0.05, 0.1) is 0 Å². The van der Waals surface area contributed by atoms with Crippen LogP contribution >= 0.6 is 0 Å². The molecule has 0 atom stereocenters. The largest absolute Gasteiger partial charge is 0.0885 e. The third kappa shape index (κ3) is 25.9. The molecule has 0 N–H and O–H groups in total. The van der Waals surface area contributed by atoms with Gasteiger partial charge >= 0.3 is 0 Å². The normalized spacial score (nSPS) is 12.2. The Bertz CT molecular complexity index is 351. The maximum absolute atomic E-state index is 2.41. The lowest BCUT2D eigenvalue weighted by molar-refractivity contribution is 0.502. The molecule has 31 heavy (non-hydrogen) atoms. The van der Waals surface area contributed by atoms with E-state index in [1.54, 1.807) is 5.57 Å². The molecule has 0 aromatic rings. The van der Waals surface area contributed by atoms with Crippen molar-refractivity contribution < 1.29 is 0 Å². The minimum Gasteiger partial charge on any atom is -0.0885 e. The molecule has 186 valence electrons. The number of rotatable bonds is 25. The van der Waals surface area contributed by atoms with Crippen molar-refractivity contribution in [1.82, 2.24) is 0 Å². The monoisotopic (exact) mass is 434 g/mol. The van der Waals surface area contributed by atoms with Crippen LogP contribution in [0.1, 0.15) is 182 Å². The first-order chi connectivity index (χ1) is 15.2. The van der Waals surface area contributed by atoms with Gasteiger partial charge in [0.25, 0.3) is 0 Å². The van der Waals surface area contributed by atoms with E-state index < -0.39 is 0 Å². The van der Waals surface area contributed by atoms with Gasteiger partial charge in [0, 0.05) is 0 Å². The average molecular weight is 435 g/mol. The molecule has 0 aromatic carbocycles. The SMILES string of the molecule is CC=C(CCCCCCCCCC)CCCCCCCCCCCCCCCC(C)C. The van der Waals surface area contributed by atoms with Crippen molar-refractivity contribution in [2.45, 2.75) is 182 Å². The van der Waals surface area contributed by atoms with Gasteiger partial charge in [-0.2, -0.15) is 0 Å². The summed E-state index contributed by atoms with van der Waals surface area (Å²) >= 11 is 0. The number of unbranched alkanes of at least 4 members (excludes halogenated alkanes) is 19. The molecule has 0 heteroatoms. The van der Waals surface area contributed by atoms with E-state index in [4.69, 9.17) is 0 Å². The lowest BCUT2D eigenvalue weighted by Crippen LogP contribution is -1.88. The van der Waals surface area contributed by atoms with Crippen LogP contribution in [-0.4, -0.2) is 0 Å². The van der Waals surface area contributed by atoms with Gasteiger partial charge in [-0.05, 0) is 38.5 Å². The molecule has 0 unspecified atom stereocenters. The third-order valence-electron chi connectivity index (χ3n) is 7.04. The smallest absolute Gasteiger partial charge is 0.0320 e. The maximum atomic E-state index is 2.41. The van der Waals surface area contributed by atoms with Crippen molar-refractivity contribution in [1.29, 1.82) is 0 Å². The Balaban J connectivity index is 3.27.